The summed E-state index contributed by atoms with van der Waals surface area (Å²) in [5.41, 5.74) is 0. The van der Waals surface area contributed by atoms with Gasteiger partial charge in [-0.1, -0.05) is 27.2 Å². The Hall–Kier alpha value is -1.10. The Bertz CT molecular complexity index is 254. The largest absolute Gasteiger partial charge is 0.480 e. The Balaban J connectivity index is 4.16. The third-order valence-corrected chi connectivity index (χ3v) is 2.59. The monoisotopic (exact) mass is 244 g/mol. The van der Waals surface area contributed by atoms with E-state index in [-0.39, 0.29) is 11.8 Å². The number of nitrogens with one attached hydrogen (secondary N) is 2. The highest BCUT2D eigenvalue weighted by Gasteiger charge is 2.25. The van der Waals surface area contributed by atoms with Gasteiger partial charge < -0.3 is 10.4 Å². The van der Waals surface area contributed by atoms with Gasteiger partial charge in [-0.3, -0.25) is 14.9 Å². The Morgan fingerprint density at radius 2 is 1.82 bits per heavy atom. The molecule has 2 unspecified atom stereocenters. The SMILES string of the molecule is CCCCNC(=O)C(C)NC(C(=O)O)C(C)C. The second kappa shape index (κ2) is 8.06. The molecule has 0 saturated heterocycles. The molecule has 5 heteroatoms. The molecule has 0 aromatic rings. The molecule has 0 aromatic carbocycles. The molecule has 100 valence electrons. The molecule has 0 saturated carbocycles. The van der Waals surface area contributed by atoms with Gasteiger partial charge in [0.1, 0.15) is 6.04 Å². The van der Waals surface area contributed by atoms with Crippen LogP contribution in [0.1, 0.15) is 40.5 Å². The first-order valence-electron chi connectivity index (χ1n) is 6.16. The van der Waals surface area contributed by atoms with Gasteiger partial charge in [-0.15, -0.1) is 0 Å². The van der Waals surface area contributed by atoms with Crippen LogP contribution in [0.3, 0.4) is 0 Å². The van der Waals surface area contributed by atoms with Crippen LogP contribution in [0.15, 0.2) is 0 Å². The Labute approximate surface area is 103 Å². The molecule has 0 aromatic heterocycles. The van der Waals surface area contributed by atoms with E-state index in [1.54, 1.807) is 6.92 Å². The first-order valence-corrected chi connectivity index (χ1v) is 6.16. The van der Waals surface area contributed by atoms with Crippen molar-refractivity contribution in [3.8, 4) is 0 Å². The smallest absolute Gasteiger partial charge is 0.320 e. The Morgan fingerprint density at radius 3 is 2.24 bits per heavy atom. The van der Waals surface area contributed by atoms with E-state index in [1.807, 2.05) is 20.8 Å². The molecule has 0 radical (unpaired) electrons. The van der Waals surface area contributed by atoms with Gasteiger partial charge in [0.05, 0.1) is 6.04 Å². The van der Waals surface area contributed by atoms with Crippen molar-refractivity contribution in [2.45, 2.75) is 52.6 Å². The second-order valence-corrected chi connectivity index (χ2v) is 4.59. The number of carbonyl (C=O) groups is 2. The summed E-state index contributed by atoms with van der Waals surface area (Å²) in [5.74, 6) is -1.13. The molecule has 0 aliphatic carbocycles. The fraction of sp³-hybridized carbons (Fsp3) is 0.833. The maximum absolute atomic E-state index is 11.6. The molecular weight excluding hydrogens is 220 g/mol. The van der Waals surface area contributed by atoms with Gasteiger partial charge in [0.25, 0.3) is 0 Å². The van der Waals surface area contributed by atoms with Crippen LogP contribution in [0.25, 0.3) is 0 Å². The third kappa shape index (κ3) is 6.26. The Morgan fingerprint density at radius 1 is 1.24 bits per heavy atom. The van der Waals surface area contributed by atoms with Gasteiger partial charge in [0.2, 0.25) is 5.91 Å². The van der Waals surface area contributed by atoms with Crippen LogP contribution in [0.4, 0.5) is 0 Å². The average Bonchev–Trinajstić information content (AvgIpc) is 2.24. The normalized spacial score (nSPS) is 14.4. The zero-order valence-electron chi connectivity index (χ0n) is 11.1. The minimum Gasteiger partial charge on any atom is -0.480 e. The highest BCUT2D eigenvalue weighted by molar-refractivity contribution is 5.82. The number of carbonyl (C=O) groups excluding carboxylic acids is 1. The molecule has 0 rings (SSSR count). The van der Waals surface area contributed by atoms with E-state index < -0.39 is 18.1 Å². The van der Waals surface area contributed by atoms with Crippen LogP contribution in [0.5, 0.6) is 0 Å². The summed E-state index contributed by atoms with van der Waals surface area (Å²) in [6.45, 7) is 7.99. The Kier molecular flexibility index (Phi) is 7.54. The van der Waals surface area contributed by atoms with Gasteiger partial charge in [0, 0.05) is 6.54 Å². The summed E-state index contributed by atoms with van der Waals surface area (Å²) in [6.07, 6.45) is 1.96. The second-order valence-electron chi connectivity index (χ2n) is 4.59. The van der Waals surface area contributed by atoms with Gasteiger partial charge in [0.15, 0.2) is 0 Å². The van der Waals surface area contributed by atoms with Crippen molar-refractivity contribution in [3.63, 3.8) is 0 Å². The minimum atomic E-state index is -0.923. The van der Waals surface area contributed by atoms with Crippen molar-refractivity contribution >= 4 is 11.9 Å². The summed E-state index contributed by atoms with van der Waals surface area (Å²) >= 11 is 0. The van der Waals surface area contributed by atoms with Crippen molar-refractivity contribution in [1.29, 1.82) is 0 Å². The lowest BCUT2D eigenvalue weighted by molar-refractivity contribution is -0.141. The van der Waals surface area contributed by atoms with Crippen LogP contribution in [-0.4, -0.2) is 35.6 Å². The maximum atomic E-state index is 11.6. The first-order chi connectivity index (χ1) is 7.90. The van der Waals surface area contributed by atoms with Crippen LogP contribution in [0.2, 0.25) is 0 Å². The molecule has 0 aliphatic rings. The number of rotatable bonds is 8. The molecule has 0 fully saturated rings. The van der Waals surface area contributed by atoms with E-state index >= 15 is 0 Å². The zero-order valence-corrected chi connectivity index (χ0v) is 11.1. The number of hydrogen-bond acceptors (Lipinski definition) is 3. The topological polar surface area (TPSA) is 78.4 Å². The number of carboxylic acids is 1. The van der Waals surface area contributed by atoms with Crippen molar-refractivity contribution < 1.29 is 14.7 Å². The van der Waals surface area contributed by atoms with E-state index in [9.17, 15) is 9.59 Å². The van der Waals surface area contributed by atoms with Crippen molar-refractivity contribution in [2.75, 3.05) is 6.54 Å². The molecular formula is C12H24N2O3. The third-order valence-electron chi connectivity index (χ3n) is 2.59. The fourth-order valence-corrected chi connectivity index (χ4v) is 1.44. The number of aliphatic carboxylic acids is 1. The van der Waals surface area contributed by atoms with Gasteiger partial charge in [-0.25, -0.2) is 0 Å². The van der Waals surface area contributed by atoms with Crippen LogP contribution >= 0.6 is 0 Å². The summed E-state index contributed by atoms with van der Waals surface area (Å²) in [5, 5.41) is 14.6. The van der Waals surface area contributed by atoms with Crippen LogP contribution in [-0.2, 0) is 9.59 Å². The molecule has 2 atom stereocenters. The molecule has 3 N–H and O–H groups in total. The summed E-state index contributed by atoms with van der Waals surface area (Å²) in [4.78, 5) is 22.6. The van der Waals surface area contributed by atoms with E-state index in [0.29, 0.717) is 6.54 Å². The standard InChI is InChI=1S/C12H24N2O3/c1-5-6-7-13-11(15)9(4)14-10(8(2)3)12(16)17/h8-10,14H,5-7H2,1-4H3,(H,13,15)(H,16,17). The van der Waals surface area contributed by atoms with E-state index in [4.69, 9.17) is 5.11 Å². The summed E-state index contributed by atoms with van der Waals surface area (Å²) in [7, 11) is 0. The number of carboxylic acid groups (broad SMARTS) is 1. The number of unbranched alkanes of at least 4 members (excludes halogenated alkanes) is 1. The van der Waals surface area contributed by atoms with Gasteiger partial charge in [-0.2, -0.15) is 0 Å². The lowest BCUT2D eigenvalue weighted by atomic mass is 10.0. The first kappa shape index (κ1) is 15.9. The average molecular weight is 244 g/mol. The fourth-order valence-electron chi connectivity index (χ4n) is 1.44. The predicted octanol–water partition coefficient (Wildman–Crippen LogP) is 0.990. The molecule has 0 aliphatic heterocycles. The minimum absolute atomic E-state index is 0.0570. The van der Waals surface area contributed by atoms with Crippen molar-refractivity contribution in [3.05, 3.63) is 0 Å². The highest BCUT2D eigenvalue weighted by atomic mass is 16.4. The van der Waals surface area contributed by atoms with E-state index in [2.05, 4.69) is 10.6 Å². The highest BCUT2D eigenvalue weighted by Crippen LogP contribution is 2.03. The van der Waals surface area contributed by atoms with Crippen LogP contribution in [0, 0.1) is 5.92 Å². The maximum Gasteiger partial charge on any atom is 0.320 e. The summed E-state index contributed by atoms with van der Waals surface area (Å²) < 4.78 is 0. The summed E-state index contributed by atoms with van der Waals surface area (Å²) in [6, 6.07) is -1.18. The molecule has 17 heavy (non-hydrogen) atoms. The zero-order chi connectivity index (χ0) is 13.4. The van der Waals surface area contributed by atoms with Crippen LogP contribution < -0.4 is 10.6 Å². The predicted molar refractivity (Wildman–Crippen MR) is 66.8 cm³/mol. The number of amides is 1. The number of hydrogen-bond donors (Lipinski definition) is 3. The lowest BCUT2D eigenvalue weighted by Crippen LogP contribution is -2.51. The molecule has 0 spiro atoms. The van der Waals surface area contributed by atoms with Crippen molar-refractivity contribution in [2.24, 2.45) is 5.92 Å². The van der Waals surface area contributed by atoms with E-state index in [1.165, 1.54) is 0 Å². The molecule has 0 bridgehead atoms. The molecule has 1 amide bonds. The van der Waals surface area contributed by atoms with Crippen molar-refractivity contribution in [1.82, 2.24) is 10.6 Å². The molecule has 0 heterocycles. The van der Waals surface area contributed by atoms with Gasteiger partial charge in [-0.05, 0) is 19.3 Å². The quantitative estimate of drug-likeness (QED) is 0.556. The lowest BCUT2D eigenvalue weighted by Gasteiger charge is -2.22. The molecule has 5 nitrogen and oxygen atoms in total. The van der Waals surface area contributed by atoms with Gasteiger partial charge >= 0.3 is 5.97 Å². The van der Waals surface area contributed by atoms with E-state index in [0.717, 1.165) is 12.8 Å².